The van der Waals surface area contributed by atoms with Crippen LogP contribution in [0.1, 0.15) is 50.8 Å². The van der Waals surface area contributed by atoms with Crippen molar-refractivity contribution >= 4 is 17.5 Å². The second-order valence-electron chi connectivity index (χ2n) is 11.9. The number of hydrazone groups is 1. The maximum absolute atomic E-state index is 14.0. The van der Waals surface area contributed by atoms with Gasteiger partial charge in [-0.25, -0.2) is 5.01 Å². The molecule has 10 nitrogen and oxygen atoms in total. The van der Waals surface area contributed by atoms with Crippen LogP contribution in [0, 0.1) is 5.41 Å². The monoisotopic (exact) mass is 564 g/mol. The van der Waals surface area contributed by atoms with E-state index in [2.05, 4.69) is 4.90 Å². The van der Waals surface area contributed by atoms with Crippen LogP contribution in [0.5, 0.6) is 17.2 Å². The molecule has 2 aromatic carbocycles. The second kappa shape index (κ2) is 12.5. The van der Waals surface area contributed by atoms with Crippen LogP contribution in [-0.4, -0.2) is 92.2 Å². The van der Waals surface area contributed by atoms with Crippen LogP contribution in [0.15, 0.2) is 47.6 Å². The number of fused-ring (bicyclic) bond motifs is 1. The Labute approximate surface area is 241 Å². The predicted octanol–water partition coefficient (Wildman–Crippen LogP) is 3.70. The molecule has 0 radical (unpaired) electrons. The minimum absolute atomic E-state index is 0.0325. The van der Waals surface area contributed by atoms with Crippen LogP contribution < -0.4 is 14.2 Å². The van der Waals surface area contributed by atoms with Crippen molar-refractivity contribution in [1.82, 2.24) is 14.8 Å². The average Bonchev–Trinajstić information content (AvgIpc) is 3.62. The normalized spacial score (nSPS) is 18.8. The van der Waals surface area contributed by atoms with Gasteiger partial charge < -0.3 is 23.8 Å². The zero-order valence-corrected chi connectivity index (χ0v) is 24.4. The lowest BCUT2D eigenvalue weighted by atomic mass is 9.91. The SMILES string of the molecule is COc1cccc(C2=NN(C(=O)CN(CCN3CCOCC3)C(=O)CC(C)(C)C)[C@H](c3ccc4c(c3)OCO4)C2)c1. The van der Waals surface area contributed by atoms with Crippen molar-refractivity contribution in [2.24, 2.45) is 10.5 Å². The van der Waals surface area contributed by atoms with Gasteiger partial charge in [-0.1, -0.05) is 39.0 Å². The molecule has 0 N–H and O–H groups in total. The molecule has 1 fully saturated rings. The number of amides is 2. The zero-order chi connectivity index (χ0) is 29.0. The van der Waals surface area contributed by atoms with E-state index in [4.69, 9.17) is 24.0 Å². The summed E-state index contributed by atoms with van der Waals surface area (Å²) in [6, 6.07) is 13.1. The van der Waals surface area contributed by atoms with Gasteiger partial charge in [0.1, 0.15) is 12.3 Å². The standard InChI is InChI=1S/C31H40N4O6/c1-31(2,3)19-29(36)34(11-10-33-12-14-39-15-13-33)20-30(37)35-26(23-8-9-27-28(17-23)41-21-40-27)18-25(32-35)22-6-5-7-24(16-22)38-4/h5-9,16-17,26H,10-15,18-21H2,1-4H3/t26-/m0/s1. The molecule has 3 heterocycles. The molecule has 0 aromatic heterocycles. The third kappa shape index (κ3) is 7.18. The highest BCUT2D eigenvalue weighted by Crippen LogP contribution is 2.39. The molecule has 10 heteroatoms. The molecule has 0 saturated carbocycles. The van der Waals surface area contributed by atoms with Gasteiger partial charge in [-0.2, -0.15) is 5.10 Å². The number of benzene rings is 2. The van der Waals surface area contributed by atoms with Crippen molar-refractivity contribution in [3.8, 4) is 17.2 Å². The van der Waals surface area contributed by atoms with Crippen molar-refractivity contribution in [3.63, 3.8) is 0 Å². The van der Waals surface area contributed by atoms with E-state index in [-0.39, 0.29) is 36.6 Å². The maximum atomic E-state index is 14.0. The van der Waals surface area contributed by atoms with Crippen molar-refractivity contribution in [1.29, 1.82) is 0 Å². The Bertz CT molecular complexity index is 1280. The summed E-state index contributed by atoms with van der Waals surface area (Å²) in [5, 5.41) is 6.37. The predicted molar refractivity (Wildman–Crippen MR) is 154 cm³/mol. The molecule has 41 heavy (non-hydrogen) atoms. The third-order valence-electron chi connectivity index (χ3n) is 7.50. The number of methoxy groups -OCH3 is 1. The molecular formula is C31H40N4O6. The first kappa shape index (κ1) is 28.9. The van der Waals surface area contributed by atoms with Crippen LogP contribution in [0.25, 0.3) is 0 Å². The van der Waals surface area contributed by atoms with E-state index in [1.807, 2.05) is 63.2 Å². The number of nitrogens with zero attached hydrogens (tertiary/aromatic N) is 4. The summed E-state index contributed by atoms with van der Waals surface area (Å²) >= 11 is 0. The molecule has 0 bridgehead atoms. The van der Waals surface area contributed by atoms with Gasteiger partial charge in [0.25, 0.3) is 5.91 Å². The molecule has 1 saturated heterocycles. The number of hydrogen-bond acceptors (Lipinski definition) is 8. The zero-order valence-electron chi connectivity index (χ0n) is 24.4. The fraction of sp³-hybridized carbons (Fsp3) is 0.516. The van der Waals surface area contributed by atoms with Crippen molar-refractivity contribution in [2.75, 3.05) is 59.8 Å². The Hall–Kier alpha value is -3.63. The van der Waals surface area contributed by atoms with Gasteiger partial charge in [0.05, 0.1) is 32.1 Å². The Balaban J connectivity index is 1.40. The minimum Gasteiger partial charge on any atom is -0.497 e. The van der Waals surface area contributed by atoms with Gasteiger partial charge in [-0.15, -0.1) is 0 Å². The Kier molecular flexibility index (Phi) is 8.79. The van der Waals surface area contributed by atoms with Crippen LogP contribution >= 0.6 is 0 Å². The molecule has 2 aromatic rings. The average molecular weight is 565 g/mol. The van der Waals surface area contributed by atoms with E-state index in [0.717, 1.165) is 35.7 Å². The lowest BCUT2D eigenvalue weighted by molar-refractivity contribution is -0.142. The van der Waals surface area contributed by atoms with Gasteiger partial charge in [-0.3, -0.25) is 14.5 Å². The summed E-state index contributed by atoms with van der Waals surface area (Å²) in [6.45, 7) is 10.4. The highest BCUT2D eigenvalue weighted by atomic mass is 16.7. The summed E-state index contributed by atoms with van der Waals surface area (Å²) in [5.74, 6) is 1.79. The first-order valence-corrected chi connectivity index (χ1v) is 14.2. The molecule has 3 aliphatic heterocycles. The maximum Gasteiger partial charge on any atom is 0.262 e. The smallest absolute Gasteiger partial charge is 0.262 e. The number of ether oxygens (including phenoxy) is 4. The number of hydrogen-bond donors (Lipinski definition) is 0. The summed E-state index contributed by atoms with van der Waals surface area (Å²) in [5.41, 5.74) is 2.36. The highest BCUT2D eigenvalue weighted by Gasteiger charge is 2.36. The van der Waals surface area contributed by atoms with E-state index in [1.165, 1.54) is 0 Å². The van der Waals surface area contributed by atoms with Crippen molar-refractivity contribution in [3.05, 3.63) is 53.6 Å². The Morgan fingerprint density at radius 3 is 2.61 bits per heavy atom. The Morgan fingerprint density at radius 1 is 1.07 bits per heavy atom. The molecule has 3 aliphatic rings. The lowest BCUT2D eigenvalue weighted by Gasteiger charge is -2.32. The summed E-state index contributed by atoms with van der Waals surface area (Å²) in [7, 11) is 1.63. The lowest BCUT2D eigenvalue weighted by Crippen LogP contribution is -2.47. The molecule has 0 spiro atoms. The molecule has 1 atom stereocenters. The van der Waals surface area contributed by atoms with E-state index >= 15 is 0 Å². The summed E-state index contributed by atoms with van der Waals surface area (Å²) < 4.78 is 22.0. The highest BCUT2D eigenvalue weighted by molar-refractivity contribution is 6.03. The van der Waals surface area contributed by atoms with Gasteiger partial charge >= 0.3 is 0 Å². The van der Waals surface area contributed by atoms with E-state index < -0.39 is 0 Å². The van der Waals surface area contributed by atoms with E-state index in [0.29, 0.717) is 50.6 Å². The molecule has 2 amide bonds. The quantitative estimate of drug-likeness (QED) is 0.459. The van der Waals surface area contributed by atoms with Crippen molar-refractivity contribution < 1.29 is 28.5 Å². The Morgan fingerprint density at radius 2 is 1.85 bits per heavy atom. The third-order valence-corrected chi connectivity index (χ3v) is 7.50. The molecule has 0 aliphatic carbocycles. The van der Waals surface area contributed by atoms with Gasteiger partial charge in [-0.05, 0) is 35.2 Å². The molecule has 0 unspecified atom stereocenters. The fourth-order valence-electron chi connectivity index (χ4n) is 5.28. The largest absolute Gasteiger partial charge is 0.497 e. The van der Waals surface area contributed by atoms with Crippen LogP contribution in [0.3, 0.4) is 0 Å². The number of rotatable bonds is 9. The minimum atomic E-state index is -0.350. The van der Waals surface area contributed by atoms with Gasteiger partial charge in [0.2, 0.25) is 12.7 Å². The van der Waals surface area contributed by atoms with Gasteiger partial charge in [0.15, 0.2) is 11.5 Å². The van der Waals surface area contributed by atoms with E-state index in [9.17, 15) is 9.59 Å². The summed E-state index contributed by atoms with van der Waals surface area (Å²) in [6.07, 6.45) is 0.871. The molecule has 220 valence electrons. The fourth-order valence-corrected chi connectivity index (χ4v) is 5.28. The van der Waals surface area contributed by atoms with Crippen LogP contribution in [0.2, 0.25) is 0 Å². The number of morpholine rings is 1. The van der Waals surface area contributed by atoms with Crippen LogP contribution in [0.4, 0.5) is 0 Å². The van der Waals surface area contributed by atoms with E-state index in [1.54, 1.807) is 17.0 Å². The van der Waals surface area contributed by atoms with Crippen molar-refractivity contribution in [2.45, 2.75) is 39.7 Å². The van der Waals surface area contributed by atoms with Gasteiger partial charge in [0, 0.05) is 44.6 Å². The topological polar surface area (TPSA) is 93.1 Å². The summed E-state index contributed by atoms with van der Waals surface area (Å²) in [4.78, 5) is 31.4. The second-order valence-corrected chi connectivity index (χ2v) is 11.9. The first-order valence-electron chi connectivity index (χ1n) is 14.2. The van der Waals surface area contributed by atoms with Crippen LogP contribution in [-0.2, 0) is 14.3 Å². The molecular weight excluding hydrogens is 524 g/mol. The number of carbonyl (C=O) groups excluding carboxylic acids is 2. The first-order chi connectivity index (χ1) is 19.7. The molecule has 5 rings (SSSR count). The number of carbonyl (C=O) groups is 2.